The first-order valence-electron chi connectivity index (χ1n) is 21.7. The van der Waals surface area contributed by atoms with Crippen LogP contribution in [0.15, 0.2) is 224 Å². The van der Waals surface area contributed by atoms with E-state index in [-0.39, 0.29) is 0 Å². The summed E-state index contributed by atoms with van der Waals surface area (Å²) in [5, 5.41) is 9.60. The highest BCUT2D eigenvalue weighted by atomic mass is 15.2. The van der Waals surface area contributed by atoms with Crippen LogP contribution >= 0.6 is 0 Å². The number of rotatable bonds is 6. The summed E-state index contributed by atoms with van der Waals surface area (Å²) in [5.74, 6) is 1.79. The Morgan fingerprint density at radius 3 is 1.44 bits per heavy atom. The van der Waals surface area contributed by atoms with Crippen molar-refractivity contribution < 1.29 is 0 Å². The van der Waals surface area contributed by atoms with Gasteiger partial charge in [0.2, 0.25) is 5.95 Å². The molecule has 0 aliphatic rings. The summed E-state index contributed by atoms with van der Waals surface area (Å²) in [7, 11) is 0. The van der Waals surface area contributed by atoms with E-state index in [2.05, 4.69) is 209 Å². The minimum absolute atomic E-state index is 0.564. The Bertz CT molecular complexity index is 3940. The largest absolute Gasteiger partial charge is 0.309 e. The molecule has 13 aromatic rings. The van der Waals surface area contributed by atoms with Crippen molar-refractivity contribution in [2.24, 2.45) is 0 Å². The second kappa shape index (κ2) is 14.5. The van der Waals surface area contributed by atoms with Crippen LogP contribution in [0.3, 0.4) is 0 Å². The van der Waals surface area contributed by atoms with Crippen molar-refractivity contribution in [3.63, 3.8) is 0 Å². The number of benzene rings is 10. The van der Waals surface area contributed by atoms with E-state index in [0.29, 0.717) is 17.6 Å². The molecule has 0 spiro atoms. The smallest absolute Gasteiger partial charge is 0.238 e. The Labute approximate surface area is 368 Å². The molecule has 0 aliphatic heterocycles. The first kappa shape index (κ1) is 36.0. The molecule has 3 heterocycles. The van der Waals surface area contributed by atoms with Crippen LogP contribution in [-0.2, 0) is 0 Å². The zero-order chi connectivity index (χ0) is 42.1. The van der Waals surface area contributed by atoms with Gasteiger partial charge in [-0.1, -0.05) is 188 Å². The lowest BCUT2D eigenvalue weighted by atomic mass is 9.95. The molecule has 0 unspecified atom stereocenters. The quantitative estimate of drug-likeness (QED) is 0.157. The van der Waals surface area contributed by atoms with Crippen LogP contribution in [0, 0.1) is 0 Å². The van der Waals surface area contributed by atoms with Crippen LogP contribution in [0.2, 0.25) is 0 Å². The average Bonchev–Trinajstić information content (AvgIpc) is 3.91. The molecule has 5 heteroatoms. The van der Waals surface area contributed by atoms with E-state index in [9.17, 15) is 0 Å². The normalized spacial score (nSPS) is 11.8. The molecule has 298 valence electrons. The summed E-state index contributed by atoms with van der Waals surface area (Å²) in [4.78, 5) is 15.8. The first-order chi connectivity index (χ1) is 31.8. The van der Waals surface area contributed by atoms with Gasteiger partial charge in [0.25, 0.3) is 0 Å². The summed E-state index contributed by atoms with van der Waals surface area (Å²) in [5.41, 5.74) is 11.9. The predicted octanol–water partition coefficient (Wildman–Crippen LogP) is 15.0. The second-order valence-corrected chi connectivity index (χ2v) is 16.4. The van der Waals surface area contributed by atoms with Crippen molar-refractivity contribution >= 4 is 65.2 Å². The summed E-state index contributed by atoms with van der Waals surface area (Å²) < 4.78 is 4.73. The van der Waals surface area contributed by atoms with Crippen molar-refractivity contribution in [2.75, 3.05) is 0 Å². The third-order valence-corrected chi connectivity index (χ3v) is 12.7. The van der Waals surface area contributed by atoms with Gasteiger partial charge < -0.3 is 4.57 Å². The van der Waals surface area contributed by atoms with E-state index in [4.69, 9.17) is 15.0 Å². The number of aromatic nitrogens is 5. The highest BCUT2D eigenvalue weighted by molar-refractivity contribution is 6.38. The molecule has 13 rings (SSSR count). The Morgan fingerprint density at radius 2 is 0.750 bits per heavy atom. The maximum Gasteiger partial charge on any atom is 0.238 e. The molecule has 0 radical (unpaired) electrons. The summed E-state index contributed by atoms with van der Waals surface area (Å²) in [6.07, 6.45) is 0. The van der Waals surface area contributed by atoms with Gasteiger partial charge >= 0.3 is 0 Å². The van der Waals surface area contributed by atoms with Crippen LogP contribution in [0.5, 0.6) is 0 Å². The molecule has 0 saturated carbocycles. The topological polar surface area (TPSA) is 48.5 Å². The number of nitrogens with zero attached hydrogens (tertiary/aromatic N) is 5. The van der Waals surface area contributed by atoms with Crippen molar-refractivity contribution in [3.8, 4) is 56.7 Å². The predicted molar refractivity (Wildman–Crippen MR) is 265 cm³/mol. The molecule has 0 bridgehead atoms. The van der Waals surface area contributed by atoms with Crippen molar-refractivity contribution in [2.45, 2.75) is 0 Å². The molecule has 0 atom stereocenters. The number of hydrogen-bond acceptors (Lipinski definition) is 3. The van der Waals surface area contributed by atoms with E-state index in [1.54, 1.807) is 0 Å². The molecule has 0 saturated heterocycles. The lowest BCUT2D eigenvalue weighted by Crippen LogP contribution is -2.06. The van der Waals surface area contributed by atoms with Gasteiger partial charge in [0.05, 0.1) is 22.1 Å². The number of hydrogen-bond donors (Lipinski definition) is 0. The summed E-state index contributed by atoms with van der Waals surface area (Å²) >= 11 is 0. The Balaban J connectivity index is 1.15. The molecule has 0 N–H and O–H groups in total. The van der Waals surface area contributed by atoms with Crippen LogP contribution in [0.25, 0.3) is 122 Å². The highest BCUT2D eigenvalue weighted by Crippen LogP contribution is 2.47. The highest BCUT2D eigenvalue weighted by Gasteiger charge is 2.25. The molecular formula is C59H37N5. The van der Waals surface area contributed by atoms with Gasteiger partial charge in [-0.2, -0.15) is 9.97 Å². The van der Waals surface area contributed by atoms with Crippen LogP contribution in [0.1, 0.15) is 0 Å². The first-order valence-corrected chi connectivity index (χ1v) is 21.7. The van der Waals surface area contributed by atoms with Gasteiger partial charge in [-0.3, -0.25) is 4.57 Å². The number of para-hydroxylation sites is 1. The molecular weight excluding hydrogens is 779 g/mol. The summed E-state index contributed by atoms with van der Waals surface area (Å²) in [6, 6.07) is 79.8. The molecule has 10 aromatic carbocycles. The fraction of sp³-hybridized carbons (Fsp3) is 0. The van der Waals surface area contributed by atoms with Crippen LogP contribution in [0.4, 0.5) is 0 Å². The lowest BCUT2D eigenvalue weighted by Gasteiger charge is -2.13. The average molecular weight is 816 g/mol. The molecule has 0 amide bonds. The van der Waals surface area contributed by atoms with E-state index < -0.39 is 0 Å². The van der Waals surface area contributed by atoms with Gasteiger partial charge in [0.1, 0.15) is 0 Å². The fourth-order valence-electron chi connectivity index (χ4n) is 9.93. The van der Waals surface area contributed by atoms with E-state index in [1.165, 1.54) is 49.0 Å². The standard InChI is InChI=1S/C59H37N5/c1-4-18-38(19-5-1)41-24-16-26-43(36-41)58-60-57(40-22-8-3-9-23-40)61-59(62-58)64-50-33-15-14-32-49(50)53-51(64)34-35-52-55(53)54-47-30-12-10-28-45(47)46-29-11-13-31-48(46)56(54)63(52)44-27-17-25-42(37-44)39-20-6-2-7-21-39/h1-37H. The van der Waals surface area contributed by atoms with Crippen molar-refractivity contribution in [3.05, 3.63) is 224 Å². The Hall–Kier alpha value is -8.67. The lowest BCUT2D eigenvalue weighted by molar-refractivity contribution is 0.953. The summed E-state index contributed by atoms with van der Waals surface area (Å²) in [6.45, 7) is 0. The number of fused-ring (bicyclic) bond motifs is 12. The molecule has 0 aliphatic carbocycles. The Kier molecular flexibility index (Phi) is 8.15. The molecule has 0 fully saturated rings. The second-order valence-electron chi connectivity index (χ2n) is 16.4. The third kappa shape index (κ3) is 5.61. The van der Waals surface area contributed by atoms with Gasteiger partial charge in [-0.15, -0.1) is 0 Å². The van der Waals surface area contributed by atoms with Gasteiger partial charge in [-0.25, -0.2) is 4.98 Å². The Morgan fingerprint density at radius 1 is 0.266 bits per heavy atom. The monoisotopic (exact) mass is 815 g/mol. The van der Waals surface area contributed by atoms with Crippen molar-refractivity contribution in [1.82, 2.24) is 24.1 Å². The SMILES string of the molecule is c1ccc(-c2cccc(-c3nc(-c4ccccc4)nc(-n4c5ccccc5c5c6c7c8ccccc8c8ccccc8c7n(-c7cccc(-c8ccccc8)c7)c6ccc54)n3)c2)cc1. The van der Waals surface area contributed by atoms with Crippen LogP contribution < -0.4 is 0 Å². The fourth-order valence-corrected chi connectivity index (χ4v) is 9.93. The van der Waals surface area contributed by atoms with Gasteiger partial charge in [-0.05, 0) is 74.8 Å². The molecule has 5 nitrogen and oxygen atoms in total. The van der Waals surface area contributed by atoms with E-state index in [0.717, 1.165) is 55.3 Å². The van der Waals surface area contributed by atoms with Crippen molar-refractivity contribution in [1.29, 1.82) is 0 Å². The third-order valence-electron chi connectivity index (χ3n) is 12.7. The van der Waals surface area contributed by atoms with Crippen LogP contribution in [-0.4, -0.2) is 24.1 Å². The van der Waals surface area contributed by atoms with Gasteiger partial charge in [0.15, 0.2) is 11.6 Å². The molecule has 64 heavy (non-hydrogen) atoms. The molecule has 3 aromatic heterocycles. The van der Waals surface area contributed by atoms with E-state index in [1.807, 2.05) is 24.3 Å². The minimum Gasteiger partial charge on any atom is -0.309 e. The minimum atomic E-state index is 0.564. The maximum atomic E-state index is 5.37. The maximum absolute atomic E-state index is 5.37. The van der Waals surface area contributed by atoms with E-state index >= 15 is 0 Å². The van der Waals surface area contributed by atoms with Gasteiger partial charge in [0, 0.05) is 43.7 Å². The zero-order valence-electron chi connectivity index (χ0n) is 34.6. The zero-order valence-corrected chi connectivity index (χ0v) is 34.6.